The van der Waals surface area contributed by atoms with Crippen LogP contribution in [0, 0.1) is 5.41 Å². The van der Waals surface area contributed by atoms with Crippen molar-refractivity contribution in [2.75, 3.05) is 13.6 Å². The van der Waals surface area contributed by atoms with Crippen molar-refractivity contribution < 1.29 is 4.79 Å². The Morgan fingerprint density at radius 3 is 2.05 bits per heavy atom. The van der Waals surface area contributed by atoms with Crippen LogP contribution in [0.5, 0.6) is 0 Å². The third-order valence-corrected chi connectivity index (χ3v) is 2.41. The summed E-state index contributed by atoms with van der Waals surface area (Å²) in [6.07, 6.45) is 10.6. The first-order valence-electron chi connectivity index (χ1n) is 7.48. The minimum absolute atomic E-state index is 0.0408. The van der Waals surface area contributed by atoms with Gasteiger partial charge in [0.2, 0.25) is 5.91 Å². The predicted octanol–water partition coefficient (Wildman–Crippen LogP) is 4.99. The van der Waals surface area contributed by atoms with Crippen molar-refractivity contribution in [1.29, 1.82) is 0 Å². The molecule has 0 heterocycles. The first kappa shape index (κ1) is 21.0. The van der Waals surface area contributed by atoms with E-state index in [9.17, 15) is 4.79 Å². The van der Waals surface area contributed by atoms with Crippen LogP contribution in [-0.4, -0.2) is 24.4 Å². The molecule has 0 bridgehead atoms. The van der Waals surface area contributed by atoms with Crippen molar-refractivity contribution in [1.82, 2.24) is 4.90 Å². The molecule has 20 heavy (non-hydrogen) atoms. The molecule has 0 saturated heterocycles. The second-order valence-corrected chi connectivity index (χ2v) is 5.75. The van der Waals surface area contributed by atoms with Crippen LogP contribution in [0.3, 0.4) is 0 Å². The Balaban J connectivity index is 0. The number of carbonyl (C=O) groups excluding carboxylic acids is 1. The minimum Gasteiger partial charge on any atom is -0.341 e. The molecule has 2 heteroatoms. The van der Waals surface area contributed by atoms with Gasteiger partial charge in [-0.2, -0.15) is 0 Å². The maximum atomic E-state index is 12.0. The summed E-state index contributed by atoms with van der Waals surface area (Å²) in [4.78, 5) is 13.8. The van der Waals surface area contributed by atoms with E-state index in [1.165, 1.54) is 0 Å². The number of hydrogen-bond acceptors (Lipinski definition) is 1. The van der Waals surface area contributed by atoms with E-state index < -0.39 is 0 Å². The summed E-state index contributed by atoms with van der Waals surface area (Å²) >= 11 is 0. The number of allylic oxidation sites excluding steroid dienone is 4. The number of likely N-dealkylation sites (N-methyl/N-ethyl adjacent to an activating group) is 1. The monoisotopic (exact) mass is 279 g/mol. The van der Waals surface area contributed by atoms with Crippen molar-refractivity contribution in [3.63, 3.8) is 0 Å². The molecule has 0 saturated carbocycles. The first-order valence-corrected chi connectivity index (χ1v) is 7.48. The maximum Gasteiger partial charge on any atom is 0.223 e. The van der Waals surface area contributed by atoms with Crippen molar-refractivity contribution in [2.45, 2.75) is 54.9 Å². The van der Waals surface area contributed by atoms with E-state index in [0.29, 0.717) is 13.0 Å². The fraction of sp³-hybridized carbons (Fsp3) is 0.611. The summed E-state index contributed by atoms with van der Waals surface area (Å²) in [5.74, 6) is 0.193. The van der Waals surface area contributed by atoms with Gasteiger partial charge < -0.3 is 4.90 Å². The Morgan fingerprint density at radius 2 is 1.65 bits per heavy atom. The Kier molecular flexibility index (Phi) is 12.1. The lowest BCUT2D eigenvalue weighted by Crippen LogP contribution is -2.31. The van der Waals surface area contributed by atoms with E-state index in [-0.39, 0.29) is 11.3 Å². The molecule has 0 rings (SSSR count). The Labute approximate surface area is 126 Å². The number of hydrogen-bond donors (Lipinski definition) is 0. The third-order valence-electron chi connectivity index (χ3n) is 2.41. The maximum absolute atomic E-state index is 12.0. The summed E-state index contributed by atoms with van der Waals surface area (Å²) in [5.41, 5.74) is 1.18. The van der Waals surface area contributed by atoms with Crippen LogP contribution in [0.1, 0.15) is 54.9 Å². The highest BCUT2D eigenvalue weighted by molar-refractivity contribution is 5.76. The number of rotatable bonds is 5. The molecule has 0 aliphatic carbocycles. The van der Waals surface area contributed by atoms with Gasteiger partial charge in [0.25, 0.3) is 0 Å². The lowest BCUT2D eigenvalue weighted by molar-refractivity contribution is -0.131. The molecule has 0 aromatic carbocycles. The summed E-state index contributed by atoms with van der Waals surface area (Å²) in [6, 6.07) is 0. The molecule has 1 amide bonds. The number of carbonyl (C=O) groups is 1. The topological polar surface area (TPSA) is 20.3 Å². The lowest BCUT2D eigenvalue weighted by atomic mass is 9.91. The lowest BCUT2D eigenvalue weighted by Gasteiger charge is -2.23. The molecule has 0 atom stereocenters. The molecular weight excluding hydrogens is 246 g/mol. The van der Waals surface area contributed by atoms with E-state index in [0.717, 1.165) is 5.57 Å². The van der Waals surface area contributed by atoms with Crippen molar-refractivity contribution in [3.05, 3.63) is 36.0 Å². The molecule has 0 aromatic heterocycles. The predicted molar refractivity (Wildman–Crippen MR) is 90.8 cm³/mol. The molecule has 0 spiro atoms. The molecule has 2 nitrogen and oxygen atoms in total. The quantitative estimate of drug-likeness (QED) is 0.649. The second kappa shape index (κ2) is 11.5. The van der Waals surface area contributed by atoms with Crippen LogP contribution in [0.25, 0.3) is 0 Å². The Bertz CT molecular complexity index is 343. The average molecular weight is 279 g/mol. The Morgan fingerprint density at radius 1 is 1.10 bits per heavy atom. The van der Waals surface area contributed by atoms with E-state index in [1.807, 2.05) is 65.1 Å². The normalized spacial score (nSPS) is 12.5. The van der Waals surface area contributed by atoms with E-state index in [2.05, 4.69) is 20.8 Å². The highest BCUT2D eigenvalue weighted by Gasteiger charge is 2.18. The highest BCUT2D eigenvalue weighted by atomic mass is 16.2. The zero-order valence-electron chi connectivity index (χ0n) is 14.7. The van der Waals surface area contributed by atoms with Gasteiger partial charge in [-0.05, 0) is 24.8 Å². The van der Waals surface area contributed by atoms with Gasteiger partial charge in [-0.1, -0.05) is 65.0 Å². The molecule has 0 radical (unpaired) electrons. The second-order valence-electron chi connectivity index (χ2n) is 5.75. The van der Waals surface area contributed by atoms with Gasteiger partial charge >= 0.3 is 0 Å². The van der Waals surface area contributed by atoms with Crippen LogP contribution < -0.4 is 0 Å². The number of amides is 1. The smallest absolute Gasteiger partial charge is 0.223 e. The van der Waals surface area contributed by atoms with E-state index in [1.54, 1.807) is 4.90 Å². The summed E-state index contributed by atoms with van der Waals surface area (Å²) < 4.78 is 0. The fourth-order valence-electron chi connectivity index (χ4n) is 1.55. The summed E-state index contributed by atoms with van der Waals surface area (Å²) in [6.45, 7) is 14.9. The molecule has 0 N–H and O–H groups in total. The van der Waals surface area contributed by atoms with Gasteiger partial charge in [0.15, 0.2) is 0 Å². The SMILES string of the molecule is C/C=C/C=C(\C=C\C)CN(C)C(=O)CC(C)(C)C.CC. The van der Waals surface area contributed by atoms with Crippen LogP contribution in [0.15, 0.2) is 36.0 Å². The molecule has 0 aliphatic heterocycles. The largest absolute Gasteiger partial charge is 0.341 e. The first-order chi connectivity index (χ1) is 9.30. The zero-order valence-corrected chi connectivity index (χ0v) is 14.7. The van der Waals surface area contributed by atoms with Gasteiger partial charge in [0, 0.05) is 20.0 Å². The highest BCUT2D eigenvalue weighted by Crippen LogP contribution is 2.19. The molecule has 0 unspecified atom stereocenters. The van der Waals surface area contributed by atoms with Crippen LogP contribution in [0.2, 0.25) is 0 Å². The Hall–Kier alpha value is -1.31. The van der Waals surface area contributed by atoms with Crippen molar-refractivity contribution in [3.8, 4) is 0 Å². The van der Waals surface area contributed by atoms with Crippen molar-refractivity contribution >= 4 is 5.91 Å². The van der Waals surface area contributed by atoms with Crippen LogP contribution in [-0.2, 0) is 4.79 Å². The zero-order chi connectivity index (χ0) is 16.2. The molecular formula is C18H33NO. The van der Waals surface area contributed by atoms with Gasteiger partial charge in [-0.15, -0.1) is 0 Å². The molecule has 0 fully saturated rings. The van der Waals surface area contributed by atoms with Gasteiger partial charge in [0.05, 0.1) is 0 Å². The average Bonchev–Trinajstić information content (AvgIpc) is 2.36. The standard InChI is InChI=1S/C16H27NO.C2H6/c1-7-9-11-14(10-8-2)13-17(6)15(18)12-16(3,4)5;1-2/h7-11H,12-13H2,1-6H3;1-2H3/b9-7+,10-8+,14-11+;. The van der Waals surface area contributed by atoms with E-state index >= 15 is 0 Å². The fourth-order valence-corrected chi connectivity index (χ4v) is 1.55. The van der Waals surface area contributed by atoms with Crippen LogP contribution in [0.4, 0.5) is 0 Å². The third kappa shape index (κ3) is 11.8. The summed E-state index contributed by atoms with van der Waals surface area (Å²) in [5, 5.41) is 0. The van der Waals surface area contributed by atoms with Crippen LogP contribution >= 0.6 is 0 Å². The molecule has 116 valence electrons. The molecule has 0 aliphatic rings. The minimum atomic E-state index is 0.0408. The number of nitrogens with zero attached hydrogens (tertiary/aromatic N) is 1. The van der Waals surface area contributed by atoms with Gasteiger partial charge in [-0.25, -0.2) is 0 Å². The molecule has 0 aromatic rings. The van der Waals surface area contributed by atoms with Gasteiger partial charge in [-0.3, -0.25) is 4.79 Å². The van der Waals surface area contributed by atoms with E-state index in [4.69, 9.17) is 0 Å². The van der Waals surface area contributed by atoms with Crippen molar-refractivity contribution in [2.24, 2.45) is 5.41 Å². The van der Waals surface area contributed by atoms with Gasteiger partial charge in [0.1, 0.15) is 0 Å². The summed E-state index contributed by atoms with van der Waals surface area (Å²) in [7, 11) is 1.86.